The van der Waals surface area contributed by atoms with Crippen LogP contribution in [-0.2, 0) is 4.84 Å². The lowest BCUT2D eigenvalue weighted by Gasteiger charge is -2.41. The molecule has 1 saturated heterocycles. The molecular formula is C29H35N3O2. The average Bonchev–Trinajstić information content (AvgIpc) is 2.92. The maximum absolute atomic E-state index is 5.38. The number of benzene rings is 2. The van der Waals surface area contributed by atoms with Crippen LogP contribution < -0.4 is 4.74 Å². The quantitative estimate of drug-likeness (QED) is 0.335. The third kappa shape index (κ3) is 4.95. The fourth-order valence-corrected chi connectivity index (χ4v) is 5.92. The van der Waals surface area contributed by atoms with Crippen molar-refractivity contribution in [2.45, 2.75) is 50.5 Å². The molecule has 0 amide bonds. The van der Waals surface area contributed by atoms with E-state index in [9.17, 15) is 0 Å². The number of likely N-dealkylation sites (tertiary alicyclic amines) is 1. The summed E-state index contributed by atoms with van der Waals surface area (Å²) in [6.07, 6.45) is 11.3. The Kier molecular flexibility index (Phi) is 7.10. The normalized spacial score (nSPS) is 24.2. The lowest BCUT2D eigenvalue weighted by molar-refractivity contribution is 0.109. The number of nitrogens with zero attached hydrogens (tertiary/aromatic N) is 3. The molecule has 1 saturated carbocycles. The Hall–Kier alpha value is -2.92. The van der Waals surface area contributed by atoms with E-state index in [1.54, 1.807) is 14.2 Å². The number of rotatable bonds is 6. The van der Waals surface area contributed by atoms with E-state index in [1.165, 1.54) is 55.0 Å². The summed E-state index contributed by atoms with van der Waals surface area (Å²) in [4.78, 5) is 12.4. The topological polar surface area (TPSA) is 47.0 Å². The second-order valence-electron chi connectivity index (χ2n) is 9.71. The van der Waals surface area contributed by atoms with E-state index in [0.29, 0.717) is 17.9 Å². The van der Waals surface area contributed by atoms with E-state index in [4.69, 9.17) is 9.57 Å². The Morgan fingerprint density at radius 2 is 1.79 bits per heavy atom. The van der Waals surface area contributed by atoms with Gasteiger partial charge in [-0.15, -0.1) is 0 Å². The third-order valence-electron chi connectivity index (χ3n) is 7.74. The maximum Gasteiger partial charge on any atom is 0.119 e. The van der Waals surface area contributed by atoms with Crippen LogP contribution in [0.3, 0.4) is 0 Å². The number of methoxy groups -OCH3 is 1. The lowest BCUT2D eigenvalue weighted by Crippen LogP contribution is -2.46. The molecule has 2 fully saturated rings. The molecule has 2 heterocycles. The lowest BCUT2D eigenvalue weighted by atomic mass is 9.80. The van der Waals surface area contributed by atoms with Gasteiger partial charge in [-0.2, -0.15) is 0 Å². The summed E-state index contributed by atoms with van der Waals surface area (Å²) in [7, 11) is 3.37. The van der Waals surface area contributed by atoms with Gasteiger partial charge in [0, 0.05) is 36.5 Å². The van der Waals surface area contributed by atoms with E-state index in [1.807, 2.05) is 12.3 Å². The number of pyridine rings is 1. The summed E-state index contributed by atoms with van der Waals surface area (Å²) >= 11 is 0. The zero-order valence-corrected chi connectivity index (χ0v) is 20.3. The molecule has 5 nitrogen and oxygen atoms in total. The van der Waals surface area contributed by atoms with Gasteiger partial charge in [-0.25, -0.2) is 0 Å². The predicted octanol–water partition coefficient (Wildman–Crippen LogP) is 6.03. The Bertz CT molecular complexity index is 1120. The van der Waals surface area contributed by atoms with Crippen LogP contribution in [0.25, 0.3) is 10.8 Å². The Labute approximate surface area is 202 Å². The van der Waals surface area contributed by atoms with Gasteiger partial charge in [0.2, 0.25) is 0 Å². The van der Waals surface area contributed by atoms with Gasteiger partial charge < -0.3 is 9.57 Å². The van der Waals surface area contributed by atoms with Crippen molar-refractivity contribution in [3.8, 4) is 5.75 Å². The minimum absolute atomic E-state index is 0.389. The van der Waals surface area contributed by atoms with Crippen molar-refractivity contribution in [3.05, 3.63) is 72.1 Å². The van der Waals surface area contributed by atoms with Crippen molar-refractivity contribution in [3.63, 3.8) is 0 Å². The molecule has 2 aromatic carbocycles. The highest BCUT2D eigenvalue weighted by Crippen LogP contribution is 2.36. The van der Waals surface area contributed by atoms with E-state index in [-0.39, 0.29) is 0 Å². The third-order valence-corrected chi connectivity index (χ3v) is 7.74. The number of fused-ring (bicyclic) bond motifs is 1. The molecule has 5 rings (SSSR count). The van der Waals surface area contributed by atoms with Gasteiger partial charge in [0.15, 0.2) is 0 Å². The van der Waals surface area contributed by atoms with Crippen LogP contribution in [0.2, 0.25) is 0 Å². The number of ether oxygens (including phenoxy) is 1. The van der Waals surface area contributed by atoms with Crippen LogP contribution in [0.5, 0.6) is 5.75 Å². The summed E-state index contributed by atoms with van der Waals surface area (Å²) in [5, 5.41) is 6.92. The molecule has 3 aromatic rings. The van der Waals surface area contributed by atoms with Gasteiger partial charge >= 0.3 is 0 Å². The SMILES string of the molecule is CO/N=C(/c1ccc2cc(OC)ccc2c1)C1CCCN(C2CCC(c3cccnc3)CC2)C1. The molecule has 1 unspecified atom stereocenters. The molecule has 5 heteroatoms. The van der Waals surface area contributed by atoms with E-state index >= 15 is 0 Å². The standard InChI is InChI=1S/C29H35N3O2/c1-33-28-14-11-22-17-24(8-7-23(22)18-28)29(31-34-2)26-6-4-16-32(20-26)27-12-9-21(10-13-27)25-5-3-15-30-19-25/h3,5,7-8,11,14-15,17-19,21,26-27H,4,6,9-10,12-13,16,20H2,1-2H3/b31-29-. The molecule has 1 aliphatic heterocycles. The van der Waals surface area contributed by atoms with Gasteiger partial charge in [-0.05, 0) is 91.6 Å². The first-order valence-corrected chi connectivity index (χ1v) is 12.6. The number of hydrogen-bond acceptors (Lipinski definition) is 5. The minimum atomic E-state index is 0.389. The highest BCUT2D eigenvalue weighted by Gasteiger charge is 2.32. The highest BCUT2D eigenvalue weighted by atomic mass is 16.6. The molecule has 34 heavy (non-hydrogen) atoms. The number of hydrogen-bond donors (Lipinski definition) is 0. The molecule has 0 radical (unpaired) electrons. The van der Waals surface area contributed by atoms with Crippen molar-refractivity contribution in [1.29, 1.82) is 0 Å². The minimum Gasteiger partial charge on any atom is -0.497 e. The summed E-state index contributed by atoms with van der Waals surface area (Å²) in [5.74, 6) is 1.93. The first-order valence-electron chi connectivity index (χ1n) is 12.6. The van der Waals surface area contributed by atoms with Crippen LogP contribution in [0.4, 0.5) is 0 Å². The zero-order valence-electron chi connectivity index (χ0n) is 20.3. The van der Waals surface area contributed by atoms with Gasteiger partial charge in [0.1, 0.15) is 12.9 Å². The molecular weight excluding hydrogens is 422 g/mol. The van der Waals surface area contributed by atoms with Crippen molar-refractivity contribution in [1.82, 2.24) is 9.88 Å². The van der Waals surface area contributed by atoms with Crippen molar-refractivity contribution >= 4 is 16.5 Å². The monoisotopic (exact) mass is 457 g/mol. The van der Waals surface area contributed by atoms with Gasteiger partial charge in [-0.1, -0.05) is 29.4 Å². The summed E-state index contributed by atoms with van der Waals surface area (Å²) in [6, 6.07) is 17.8. The van der Waals surface area contributed by atoms with Gasteiger partial charge in [-0.3, -0.25) is 9.88 Å². The highest BCUT2D eigenvalue weighted by molar-refractivity contribution is 6.04. The fourth-order valence-electron chi connectivity index (χ4n) is 5.92. The molecule has 1 atom stereocenters. The second kappa shape index (κ2) is 10.6. The summed E-state index contributed by atoms with van der Waals surface area (Å²) in [6.45, 7) is 2.25. The van der Waals surface area contributed by atoms with Gasteiger partial charge in [0.25, 0.3) is 0 Å². The number of piperidine rings is 1. The average molecular weight is 458 g/mol. The smallest absolute Gasteiger partial charge is 0.119 e. The van der Waals surface area contributed by atoms with Crippen molar-refractivity contribution < 1.29 is 9.57 Å². The zero-order chi connectivity index (χ0) is 23.3. The van der Waals surface area contributed by atoms with Crippen LogP contribution in [0.15, 0.2) is 66.1 Å². The molecule has 0 bridgehead atoms. The number of oxime groups is 1. The largest absolute Gasteiger partial charge is 0.497 e. The fraction of sp³-hybridized carbons (Fsp3) is 0.448. The van der Waals surface area contributed by atoms with Crippen LogP contribution >= 0.6 is 0 Å². The first-order chi connectivity index (χ1) is 16.7. The second-order valence-corrected chi connectivity index (χ2v) is 9.71. The molecule has 0 N–H and O–H groups in total. The maximum atomic E-state index is 5.38. The first kappa shape index (κ1) is 22.9. The Balaban J connectivity index is 1.29. The van der Waals surface area contributed by atoms with Crippen molar-refractivity contribution in [2.75, 3.05) is 27.3 Å². The predicted molar refractivity (Wildman–Crippen MR) is 138 cm³/mol. The Morgan fingerprint density at radius 1 is 0.971 bits per heavy atom. The molecule has 1 aliphatic carbocycles. The summed E-state index contributed by atoms with van der Waals surface area (Å²) < 4.78 is 5.38. The number of aromatic nitrogens is 1. The van der Waals surface area contributed by atoms with Crippen LogP contribution in [0, 0.1) is 5.92 Å². The van der Waals surface area contributed by atoms with Crippen molar-refractivity contribution in [2.24, 2.45) is 11.1 Å². The van der Waals surface area contributed by atoms with E-state index < -0.39 is 0 Å². The van der Waals surface area contributed by atoms with Crippen LogP contribution in [0.1, 0.15) is 55.6 Å². The molecule has 178 valence electrons. The van der Waals surface area contributed by atoms with Crippen LogP contribution in [-0.4, -0.2) is 48.9 Å². The molecule has 1 aromatic heterocycles. The van der Waals surface area contributed by atoms with E-state index in [0.717, 1.165) is 30.0 Å². The molecule has 0 spiro atoms. The summed E-state index contributed by atoms with van der Waals surface area (Å²) in [5.41, 5.74) is 3.64. The Morgan fingerprint density at radius 3 is 2.56 bits per heavy atom. The molecule has 2 aliphatic rings. The van der Waals surface area contributed by atoms with Gasteiger partial charge in [0.05, 0.1) is 12.8 Å². The van der Waals surface area contributed by atoms with E-state index in [2.05, 4.69) is 63.7 Å².